The van der Waals surface area contributed by atoms with Crippen LogP contribution in [0, 0.1) is 6.92 Å². The van der Waals surface area contributed by atoms with Crippen molar-refractivity contribution in [2.24, 2.45) is 0 Å². The van der Waals surface area contributed by atoms with Crippen molar-refractivity contribution in [2.45, 2.75) is 6.92 Å². The second-order valence-corrected chi connectivity index (χ2v) is 4.62. The van der Waals surface area contributed by atoms with Gasteiger partial charge in [0.15, 0.2) is 0 Å². The molecule has 0 bridgehead atoms. The van der Waals surface area contributed by atoms with Crippen LogP contribution < -0.4 is 4.74 Å². The molecule has 0 amide bonds. The third kappa shape index (κ3) is 3.60. The van der Waals surface area contributed by atoms with Gasteiger partial charge < -0.3 is 19.3 Å². The number of nitrogens with zero attached hydrogens (tertiary/aromatic N) is 1. The van der Waals surface area contributed by atoms with E-state index in [4.69, 9.17) is 14.2 Å². The molecule has 0 unspecified atom stereocenters. The normalized spacial score (nSPS) is 11.0. The lowest BCUT2D eigenvalue weighted by Crippen LogP contribution is -2.06. The van der Waals surface area contributed by atoms with Gasteiger partial charge in [-0.25, -0.2) is 9.78 Å². The number of phenolic OH excluding ortho intramolecular Hbond substituents is 1. The highest BCUT2D eigenvalue weighted by molar-refractivity contribution is 6.16. The van der Waals surface area contributed by atoms with Crippen LogP contribution in [0.25, 0.3) is 5.57 Å². The Kier molecular flexibility index (Phi) is 5.19. The van der Waals surface area contributed by atoms with Crippen LogP contribution in [0.15, 0.2) is 42.8 Å². The Morgan fingerprint density at radius 1 is 1.22 bits per heavy atom. The summed E-state index contributed by atoms with van der Waals surface area (Å²) in [6, 6.07) is 8.26. The molecular formula is C17H17NO5. The van der Waals surface area contributed by atoms with Crippen molar-refractivity contribution in [1.29, 1.82) is 0 Å². The van der Waals surface area contributed by atoms with Crippen LogP contribution in [0.2, 0.25) is 0 Å². The van der Waals surface area contributed by atoms with E-state index in [0.29, 0.717) is 16.9 Å². The number of methoxy groups -OCH3 is 2. The fourth-order valence-corrected chi connectivity index (χ4v) is 1.94. The summed E-state index contributed by atoms with van der Waals surface area (Å²) in [5.41, 5.74) is 1.17. The van der Waals surface area contributed by atoms with Crippen LogP contribution in [-0.2, 0) is 14.3 Å². The van der Waals surface area contributed by atoms with Crippen LogP contribution in [0.3, 0.4) is 0 Å². The Morgan fingerprint density at radius 2 is 2.00 bits per heavy atom. The van der Waals surface area contributed by atoms with Crippen molar-refractivity contribution in [3.63, 3.8) is 0 Å². The molecule has 0 aliphatic heterocycles. The Hall–Kier alpha value is -3.02. The maximum atomic E-state index is 11.9. The van der Waals surface area contributed by atoms with Gasteiger partial charge in [-0.1, -0.05) is 6.07 Å². The first-order chi connectivity index (χ1) is 11.1. The Bertz CT molecular complexity index is 740. The molecule has 2 rings (SSSR count). The summed E-state index contributed by atoms with van der Waals surface area (Å²) in [5, 5.41) is 9.76. The highest BCUT2D eigenvalue weighted by atomic mass is 16.5. The maximum Gasteiger partial charge on any atom is 0.341 e. The molecule has 0 aliphatic rings. The molecule has 1 aromatic heterocycles. The first kappa shape index (κ1) is 16.4. The molecule has 0 saturated carbocycles. The number of aromatic hydroxyl groups is 1. The van der Waals surface area contributed by atoms with Gasteiger partial charge in [0, 0.05) is 11.8 Å². The average molecular weight is 315 g/mol. The number of carbonyl (C=O) groups is 1. The summed E-state index contributed by atoms with van der Waals surface area (Å²) in [7, 11) is 2.71. The number of ether oxygens (including phenoxy) is 3. The van der Waals surface area contributed by atoms with Crippen molar-refractivity contribution >= 4 is 11.5 Å². The van der Waals surface area contributed by atoms with E-state index < -0.39 is 5.97 Å². The lowest BCUT2D eigenvalue weighted by atomic mass is 10.1. The van der Waals surface area contributed by atoms with E-state index >= 15 is 0 Å². The van der Waals surface area contributed by atoms with Gasteiger partial charge in [0.25, 0.3) is 0 Å². The maximum absolute atomic E-state index is 11.9. The number of hydrogen-bond donors (Lipinski definition) is 1. The molecule has 6 heteroatoms. The van der Waals surface area contributed by atoms with Crippen molar-refractivity contribution in [3.05, 3.63) is 53.9 Å². The zero-order valence-corrected chi connectivity index (χ0v) is 13.1. The fourth-order valence-electron chi connectivity index (χ4n) is 1.94. The van der Waals surface area contributed by atoms with Gasteiger partial charge in [-0.15, -0.1) is 0 Å². The number of phenols is 1. The molecule has 0 atom stereocenters. The SMILES string of the molecule is CO/C=C(/C(=O)OC)c1cccnc1Oc1cccc(O)c1C. The van der Waals surface area contributed by atoms with Crippen LogP contribution >= 0.6 is 0 Å². The topological polar surface area (TPSA) is 77.9 Å². The molecule has 0 radical (unpaired) electrons. The number of benzene rings is 1. The summed E-state index contributed by atoms with van der Waals surface area (Å²) in [4.78, 5) is 16.1. The lowest BCUT2D eigenvalue weighted by Gasteiger charge is -2.13. The van der Waals surface area contributed by atoms with Crippen LogP contribution in [0.4, 0.5) is 0 Å². The highest BCUT2D eigenvalue weighted by Gasteiger charge is 2.19. The third-order valence-corrected chi connectivity index (χ3v) is 3.16. The van der Waals surface area contributed by atoms with Crippen LogP contribution in [-0.4, -0.2) is 30.3 Å². The molecule has 6 nitrogen and oxygen atoms in total. The molecule has 1 heterocycles. The standard InChI is InChI=1S/C17H17NO5/c1-11-14(19)7-4-8-15(11)23-16-12(6-5-9-18-16)13(10-21-2)17(20)22-3/h4-10,19H,1-3H3/b13-10+. The van der Waals surface area contributed by atoms with E-state index in [1.165, 1.54) is 20.5 Å². The largest absolute Gasteiger partial charge is 0.508 e. The minimum absolute atomic E-state index is 0.112. The lowest BCUT2D eigenvalue weighted by molar-refractivity contribution is -0.133. The second kappa shape index (κ2) is 7.31. The fraction of sp³-hybridized carbons (Fsp3) is 0.176. The van der Waals surface area contributed by atoms with Crippen molar-refractivity contribution in [1.82, 2.24) is 4.98 Å². The van der Waals surface area contributed by atoms with E-state index in [0.717, 1.165) is 0 Å². The van der Waals surface area contributed by atoms with Gasteiger partial charge in [-0.05, 0) is 31.2 Å². The Balaban J connectivity index is 2.47. The molecule has 0 fully saturated rings. The minimum atomic E-state index is -0.572. The second-order valence-electron chi connectivity index (χ2n) is 4.62. The van der Waals surface area contributed by atoms with Gasteiger partial charge in [-0.3, -0.25) is 0 Å². The molecule has 23 heavy (non-hydrogen) atoms. The molecule has 2 aromatic rings. The first-order valence-electron chi connectivity index (χ1n) is 6.81. The molecule has 120 valence electrons. The van der Waals surface area contributed by atoms with Crippen LogP contribution in [0.5, 0.6) is 17.4 Å². The zero-order valence-electron chi connectivity index (χ0n) is 13.1. The van der Waals surface area contributed by atoms with E-state index in [2.05, 4.69) is 4.98 Å². The monoisotopic (exact) mass is 315 g/mol. The smallest absolute Gasteiger partial charge is 0.341 e. The molecule has 1 aromatic carbocycles. The summed E-state index contributed by atoms with van der Waals surface area (Å²) < 4.78 is 15.5. The van der Waals surface area contributed by atoms with E-state index in [9.17, 15) is 9.90 Å². The van der Waals surface area contributed by atoms with Gasteiger partial charge in [0.1, 0.15) is 17.1 Å². The number of hydrogen-bond acceptors (Lipinski definition) is 6. The Labute approximate surface area is 134 Å². The number of esters is 1. The predicted molar refractivity (Wildman–Crippen MR) is 84.2 cm³/mol. The number of pyridine rings is 1. The predicted octanol–water partition coefficient (Wildman–Crippen LogP) is 3.05. The number of aromatic nitrogens is 1. The van der Waals surface area contributed by atoms with Gasteiger partial charge in [-0.2, -0.15) is 0 Å². The molecule has 0 spiro atoms. The zero-order chi connectivity index (χ0) is 16.8. The minimum Gasteiger partial charge on any atom is -0.508 e. The summed E-state index contributed by atoms with van der Waals surface area (Å²) >= 11 is 0. The third-order valence-electron chi connectivity index (χ3n) is 3.16. The quantitative estimate of drug-likeness (QED) is 0.519. The van der Waals surface area contributed by atoms with Gasteiger partial charge in [0.05, 0.1) is 26.0 Å². The van der Waals surface area contributed by atoms with Crippen LogP contribution in [0.1, 0.15) is 11.1 Å². The van der Waals surface area contributed by atoms with Crippen molar-refractivity contribution < 1.29 is 24.1 Å². The summed E-state index contributed by atoms with van der Waals surface area (Å²) in [6.07, 6.45) is 2.81. The summed E-state index contributed by atoms with van der Waals surface area (Å²) in [5.74, 6) is 0.180. The first-order valence-corrected chi connectivity index (χ1v) is 6.81. The van der Waals surface area contributed by atoms with Gasteiger partial charge in [0.2, 0.25) is 5.88 Å². The molecule has 0 saturated heterocycles. The highest BCUT2D eigenvalue weighted by Crippen LogP contribution is 2.33. The van der Waals surface area contributed by atoms with Crippen molar-refractivity contribution in [2.75, 3.05) is 14.2 Å². The number of carbonyl (C=O) groups excluding carboxylic acids is 1. The van der Waals surface area contributed by atoms with Crippen molar-refractivity contribution in [3.8, 4) is 17.4 Å². The molecular weight excluding hydrogens is 298 g/mol. The molecule has 0 aliphatic carbocycles. The van der Waals surface area contributed by atoms with E-state index in [1.54, 1.807) is 43.5 Å². The molecule has 1 N–H and O–H groups in total. The average Bonchev–Trinajstić information content (AvgIpc) is 2.57. The Morgan fingerprint density at radius 3 is 2.70 bits per heavy atom. The van der Waals surface area contributed by atoms with Gasteiger partial charge >= 0.3 is 5.97 Å². The van der Waals surface area contributed by atoms with E-state index in [1.807, 2.05) is 0 Å². The number of rotatable bonds is 5. The summed E-state index contributed by atoms with van der Waals surface area (Å²) in [6.45, 7) is 1.72. The van der Waals surface area contributed by atoms with E-state index in [-0.39, 0.29) is 17.2 Å².